The maximum Gasteiger partial charge on any atom is 0 e. The second-order valence-corrected chi connectivity index (χ2v) is 3.63. The number of fused-ring (bicyclic) bond motifs is 1. The van der Waals surface area contributed by atoms with Gasteiger partial charge in [-0.2, -0.15) is 5.56 Å². The van der Waals surface area contributed by atoms with Crippen molar-refractivity contribution in [3.63, 3.8) is 0 Å². The third-order valence-corrected chi connectivity index (χ3v) is 2.66. The first-order valence-corrected chi connectivity index (χ1v) is 5.10. The number of hydrogen-bond acceptors (Lipinski definition) is 0. The summed E-state index contributed by atoms with van der Waals surface area (Å²) < 4.78 is 0. The van der Waals surface area contributed by atoms with E-state index in [2.05, 4.69) is 43.3 Å². The molecule has 0 aromatic heterocycles. The molecule has 1 aliphatic carbocycles. The van der Waals surface area contributed by atoms with E-state index < -0.39 is 0 Å². The molecule has 0 heterocycles. The SMILES string of the molecule is CCCCC1[C-]=Cc2ccccc21.Cl.Cl.[Zr]. The predicted octanol–water partition coefficient (Wildman–Crippen LogP) is 4.63. The third-order valence-electron chi connectivity index (χ3n) is 2.66. The Balaban J connectivity index is 0. The standard InChI is InChI=1S/C13H15.2ClH.Zr/c1-2-3-6-11-9-10-12-7-4-5-8-13(11)12;;;/h4-5,7-8,10-11H,2-3,6H2,1H3;2*1H;/q-1;;;. The number of rotatable bonds is 3. The van der Waals surface area contributed by atoms with E-state index in [9.17, 15) is 0 Å². The van der Waals surface area contributed by atoms with Gasteiger partial charge in [-0.15, -0.1) is 36.4 Å². The molecule has 1 aromatic rings. The molecule has 1 unspecified atom stereocenters. The molecule has 1 aliphatic rings. The van der Waals surface area contributed by atoms with Crippen LogP contribution in [0.25, 0.3) is 6.08 Å². The molecule has 0 N–H and O–H groups in total. The molecule has 2 rings (SSSR count). The van der Waals surface area contributed by atoms with Gasteiger partial charge < -0.3 is 0 Å². The van der Waals surface area contributed by atoms with Crippen LogP contribution in [0.3, 0.4) is 0 Å². The van der Waals surface area contributed by atoms with Gasteiger partial charge in [0.25, 0.3) is 0 Å². The second kappa shape index (κ2) is 9.45. The summed E-state index contributed by atoms with van der Waals surface area (Å²) in [5, 5.41) is 0. The summed E-state index contributed by atoms with van der Waals surface area (Å²) >= 11 is 0. The van der Waals surface area contributed by atoms with Crippen LogP contribution in [0.4, 0.5) is 0 Å². The minimum absolute atomic E-state index is 0. The zero-order valence-electron chi connectivity index (χ0n) is 9.40. The van der Waals surface area contributed by atoms with Crippen molar-refractivity contribution in [2.75, 3.05) is 0 Å². The van der Waals surface area contributed by atoms with E-state index in [1.165, 1.54) is 30.4 Å². The Bertz CT molecular complexity index is 323. The summed E-state index contributed by atoms with van der Waals surface area (Å²) in [5.41, 5.74) is 2.83. The fourth-order valence-corrected chi connectivity index (χ4v) is 1.89. The van der Waals surface area contributed by atoms with Crippen LogP contribution in [0.5, 0.6) is 0 Å². The molecule has 88 valence electrons. The molecule has 1 aromatic carbocycles. The second-order valence-electron chi connectivity index (χ2n) is 3.63. The molecule has 0 saturated heterocycles. The largest absolute Gasteiger partial charge is 0.268 e. The van der Waals surface area contributed by atoms with Crippen molar-refractivity contribution in [2.45, 2.75) is 32.1 Å². The number of allylic oxidation sites excluding steroid dienone is 1. The molecule has 0 fully saturated rings. The maximum atomic E-state index is 3.43. The van der Waals surface area contributed by atoms with Gasteiger partial charge >= 0.3 is 0 Å². The van der Waals surface area contributed by atoms with Gasteiger partial charge in [-0.3, -0.25) is 6.08 Å². The first-order chi connectivity index (χ1) is 6.42. The Morgan fingerprint density at radius 3 is 2.56 bits per heavy atom. The van der Waals surface area contributed by atoms with Crippen molar-refractivity contribution in [3.05, 3.63) is 41.5 Å². The van der Waals surface area contributed by atoms with Gasteiger partial charge in [0.1, 0.15) is 0 Å². The van der Waals surface area contributed by atoms with Gasteiger partial charge in [-0.1, -0.05) is 50.3 Å². The molecule has 0 radical (unpaired) electrons. The average Bonchev–Trinajstić information content (AvgIpc) is 2.58. The molecule has 0 nitrogen and oxygen atoms in total. The Labute approximate surface area is 130 Å². The van der Waals surface area contributed by atoms with E-state index in [4.69, 9.17) is 0 Å². The Morgan fingerprint density at radius 2 is 1.88 bits per heavy atom. The zero-order valence-corrected chi connectivity index (χ0v) is 13.5. The van der Waals surface area contributed by atoms with Crippen LogP contribution >= 0.6 is 24.8 Å². The monoisotopic (exact) mass is 333 g/mol. The van der Waals surface area contributed by atoms with Crippen molar-refractivity contribution in [1.82, 2.24) is 0 Å². The van der Waals surface area contributed by atoms with Crippen molar-refractivity contribution in [3.8, 4) is 0 Å². The molecule has 0 spiro atoms. The summed E-state index contributed by atoms with van der Waals surface area (Å²) in [6.07, 6.45) is 9.40. The molecule has 0 aliphatic heterocycles. The fraction of sp³-hybridized carbons (Fsp3) is 0.385. The van der Waals surface area contributed by atoms with E-state index in [0.717, 1.165) is 0 Å². The third kappa shape index (κ3) is 4.36. The van der Waals surface area contributed by atoms with Crippen LogP contribution in [0.1, 0.15) is 43.2 Å². The molecular weight excluding hydrogens is 318 g/mol. The van der Waals surface area contributed by atoms with Gasteiger partial charge in [0.15, 0.2) is 0 Å². The van der Waals surface area contributed by atoms with Crippen LogP contribution in [0, 0.1) is 6.08 Å². The Kier molecular flexibility index (Phi) is 11.1. The van der Waals surface area contributed by atoms with Crippen LogP contribution in [0.2, 0.25) is 0 Å². The number of hydrogen-bond donors (Lipinski definition) is 0. The molecular formula is C13H17Cl2Zr-. The average molecular weight is 335 g/mol. The van der Waals surface area contributed by atoms with E-state index >= 15 is 0 Å². The molecule has 16 heavy (non-hydrogen) atoms. The van der Waals surface area contributed by atoms with Gasteiger partial charge in [0, 0.05) is 26.2 Å². The van der Waals surface area contributed by atoms with Gasteiger partial charge in [0.05, 0.1) is 0 Å². The number of unbranched alkanes of at least 4 members (excludes halogenated alkanes) is 1. The van der Waals surface area contributed by atoms with Gasteiger partial charge in [-0.05, 0) is 0 Å². The molecule has 0 amide bonds. The van der Waals surface area contributed by atoms with E-state index in [1.54, 1.807) is 0 Å². The fourth-order valence-electron chi connectivity index (χ4n) is 1.89. The van der Waals surface area contributed by atoms with Gasteiger partial charge in [0.2, 0.25) is 0 Å². The number of halogens is 2. The van der Waals surface area contributed by atoms with Crippen LogP contribution in [-0.4, -0.2) is 0 Å². The molecule has 0 saturated carbocycles. The van der Waals surface area contributed by atoms with E-state index in [1.807, 2.05) is 0 Å². The Morgan fingerprint density at radius 1 is 1.19 bits per heavy atom. The van der Waals surface area contributed by atoms with Crippen LogP contribution < -0.4 is 0 Å². The predicted molar refractivity (Wildman–Crippen MR) is 70.9 cm³/mol. The summed E-state index contributed by atoms with van der Waals surface area (Å²) in [6, 6.07) is 8.62. The quantitative estimate of drug-likeness (QED) is 0.707. The molecule has 0 bridgehead atoms. The molecule has 3 heteroatoms. The summed E-state index contributed by atoms with van der Waals surface area (Å²) in [4.78, 5) is 0. The summed E-state index contributed by atoms with van der Waals surface area (Å²) in [6.45, 7) is 2.24. The number of benzene rings is 1. The van der Waals surface area contributed by atoms with Gasteiger partial charge in [-0.25, -0.2) is 6.08 Å². The van der Waals surface area contributed by atoms with E-state index in [0.29, 0.717) is 5.92 Å². The minimum atomic E-state index is 0. The topological polar surface area (TPSA) is 0 Å². The minimum Gasteiger partial charge on any atom is -0.268 e. The van der Waals surface area contributed by atoms with Crippen molar-refractivity contribution < 1.29 is 26.2 Å². The maximum absolute atomic E-state index is 3.43. The van der Waals surface area contributed by atoms with Crippen molar-refractivity contribution in [1.29, 1.82) is 0 Å². The van der Waals surface area contributed by atoms with Crippen LogP contribution in [-0.2, 0) is 26.2 Å². The van der Waals surface area contributed by atoms with Crippen molar-refractivity contribution in [2.24, 2.45) is 0 Å². The van der Waals surface area contributed by atoms with Crippen molar-refractivity contribution >= 4 is 30.9 Å². The van der Waals surface area contributed by atoms with E-state index in [-0.39, 0.29) is 51.0 Å². The Hall–Kier alpha value is 0.423. The van der Waals surface area contributed by atoms with Crippen LogP contribution in [0.15, 0.2) is 24.3 Å². The normalized spacial score (nSPS) is 15.4. The first kappa shape index (κ1) is 18.8. The smallest absolute Gasteiger partial charge is 0 e. The zero-order chi connectivity index (χ0) is 9.10. The first-order valence-electron chi connectivity index (χ1n) is 5.10. The molecule has 1 atom stereocenters. The summed E-state index contributed by atoms with van der Waals surface area (Å²) in [5.74, 6) is 0.566. The summed E-state index contributed by atoms with van der Waals surface area (Å²) in [7, 11) is 0.